The summed E-state index contributed by atoms with van der Waals surface area (Å²) in [5.74, 6) is 1.24. The van der Waals surface area contributed by atoms with Crippen LogP contribution in [0.25, 0.3) is 22.4 Å². The van der Waals surface area contributed by atoms with Gasteiger partial charge in [0.1, 0.15) is 17.2 Å². The summed E-state index contributed by atoms with van der Waals surface area (Å²) in [6.45, 7) is 3.84. The number of benzene rings is 1. The summed E-state index contributed by atoms with van der Waals surface area (Å²) < 4.78 is 0. The Hall–Kier alpha value is -3.46. The molecule has 0 atom stereocenters. The van der Waals surface area contributed by atoms with Crippen molar-refractivity contribution in [2.75, 3.05) is 38.1 Å². The summed E-state index contributed by atoms with van der Waals surface area (Å²) in [5, 5.41) is 16.1. The Balaban J connectivity index is 1.62. The Morgan fingerprint density at radius 3 is 2.59 bits per heavy atom. The Labute approximate surface area is 186 Å². The monoisotopic (exact) mass is 436 g/mol. The van der Waals surface area contributed by atoms with Crippen LogP contribution in [0.5, 0.6) is 0 Å². The van der Waals surface area contributed by atoms with Crippen LogP contribution in [0.1, 0.15) is 30.3 Å². The van der Waals surface area contributed by atoms with Gasteiger partial charge in [-0.05, 0) is 24.8 Å². The maximum atomic E-state index is 13.1. The Morgan fingerprint density at radius 1 is 1.16 bits per heavy atom. The number of hydrogen-bond acceptors (Lipinski definition) is 6. The highest BCUT2D eigenvalue weighted by atomic mass is 16.3. The number of likely N-dealkylation sites (tertiary alicyclic amines) is 1. The van der Waals surface area contributed by atoms with E-state index in [1.807, 2.05) is 35.2 Å². The molecule has 32 heavy (non-hydrogen) atoms. The summed E-state index contributed by atoms with van der Waals surface area (Å²) >= 11 is 0. The number of aromatic nitrogens is 3. The molecule has 0 unspecified atom stereocenters. The van der Waals surface area contributed by atoms with Crippen molar-refractivity contribution in [1.82, 2.24) is 25.2 Å². The fraction of sp³-hybridized carbons (Fsp3) is 0.391. The predicted octanol–water partition coefficient (Wildman–Crippen LogP) is 2.02. The number of H-pyrrole nitrogens is 1. The lowest BCUT2D eigenvalue weighted by Crippen LogP contribution is -2.39. The molecule has 168 valence electrons. The molecule has 0 radical (unpaired) electrons. The highest BCUT2D eigenvalue weighted by Gasteiger charge is 2.25. The molecular weight excluding hydrogens is 408 g/mol. The summed E-state index contributed by atoms with van der Waals surface area (Å²) in [6.07, 6.45) is 1.60. The van der Waals surface area contributed by atoms with E-state index in [-0.39, 0.29) is 24.3 Å². The zero-order valence-corrected chi connectivity index (χ0v) is 18.1. The summed E-state index contributed by atoms with van der Waals surface area (Å²) in [7, 11) is 0. The number of aliphatic hydroxyl groups is 1. The van der Waals surface area contributed by atoms with Crippen LogP contribution in [0.2, 0.25) is 0 Å². The van der Waals surface area contributed by atoms with Crippen LogP contribution < -0.4 is 10.6 Å². The van der Waals surface area contributed by atoms with Gasteiger partial charge in [0.05, 0.1) is 5.39 Å². The van der Waals surface area contributed by atoms with Crippen LogP contribution in [0, 0.1) is 5.92 Å². The van der Waals surface area contributed by atoms with Gasteiger partial charge in [-0.1, -0.05) is 30.3 Å². The van der Waals surface area contributed by atoms with Gasteiger partial charge in [0.2, 0.25) is 5.91 Å². The number of fused-ring (bicyclic) bond motifs is 1. The van der Waals surface area contributed by atoms with Crippen LogP contribution in [0.3, 0.4) is 0 Å². The zero-order chi connectivity index (χ0) is 22.5. The number of carbonyl (C=O) groups is 2. The number of hydrogen-bond donors (Lipinski definition) is 4. The maximum Gasteiger partial charge on any atom is 0.270 e. The van der Waals surface area contributed by atoms with Gasteiger partial charge in [0, 0.05) is 45.3 Å². The summed E-state index contributed by atoms with van der Waals surface area (Å²) in [6, 6.07) is 11.4. The second-order valence-electron chi connectivity index (χ2n) is 8.04. The van der Waals surface area contributed by atoms with Gasteiger partial charge < -0.3 is 25.6 Å². The van der Waals surface area contributed by atoms with Crippen LogP contribution in [-0.2, 0) is 4.79 Å². The number of piperidine rings is 1. The minimum absolute atomic E-state index is 0.0788. The fourth-order valence-corrected chi connectivity index (χ4v) is 3.88. The van der Waals surface area contributed by atoms with Gasteiger partial charge >= 0.3 is 0 Å². The smallest absolute Gasteiger partial charge is 0.270 e. The molecule has 0 saturated carbocycles. The number of aliphatic hydroxyl groups excluding tert-OH is 1. The van der Waals surface area contributed by atoms with E-state index in [2.05, 4.69) is 25.6 Å². The van der Waals surface area contributed by atoms with E-state index in [9.17, 15) is 14.7 Å². The van der Waals surface area contributed by atoms with Gasteiger partial charge in [-0.3, -0.25) is 9.59 Å². The normalized spacial score (nSPS) is 14.5. The van der Waals surface area contributed by atoms with E-state index in [1.165, 1.54) is 6.92 Å². The summed E-state index contributed by atoms with van der Waals surface area (Å²) in [4.78, 5) is 38.6. The minimum atomic E-state index is -0.0934. The number of aromatic amines is 1. The van der Waals surface area contributed by atoms with Gasteiger partial charge in [0.25, 0.3) is 5.91 Å². The maximum absolute atomic E-state index is 13.1. The zero-order valence-electron chi connectivity index (χ0n) is 18.1. The molecule has 1 aliphatic rings. The predicted molar refractivity (Wildman–Crippen MR) is 122 cm³/mol. The SMILES string of the molecule is CC(=O)NCCNc1nc(-c2ccccc2)nc2[nH]c(C(=O)N3CCC(CO)CC3)cc12. The molecule has 1 aliphatic heterocycles. The average molecular weight is 437 g/mol. The Morgan fingerprint density at radius 2 is 1.91 bits per heavy atom. The van der Waals surface area contributed by atoms with Crippen LogP contribution in [-0.4, -0.2) is 69.6 Å². The van der Waals surface area contributed by atoms with E-state index in [0.29, 0.717) is 49.2 Å². The topological polar surface area (TPSA) is 123 Å². The molecule has 2 aromatic heterocycles. The molecule has 1 aromatic carbocycles. The lowest BCUT2D eigenvalue weighted by molar-refractivity contribution is -0.118. The fourth-order valence-electron chi connectivity index (χ4n) is 3.88. The van der Waals surface area contributed by atoms with Crippen molar-refractivity contribution < 1.29 is 14.7 Å². The number of anilines is 1. The quantitative estimate of drug-likeness (QED) is 0.420. The molecule has 0 bridgehead atoms. The van der Waals surface area contributed by atoms with E-state index in [0.717, 1.165) is 23.8 Å². The molecule has 3 heterocycles. The van der Waals surface area contributed by atoms with Crippen molar-refractivity contribution in [3.8, 4) is 11.4 Å². The molecule has 0 spiro atoms. The van der Waals surface area contributed by atoms with E-state index < -0.39 is 0 Å². The number of rotatable bonds is 7. The molecule has 2 amide bonds. The van der Waals surface area contributed by atoms with Gasteiger partial charge in [0.15, 0.2) is 5.82 Å². The first kappa shape index (κ1) is 21.8. The number of carbonyl (C=O) groups excluding carboxylic acids is 2. The number of amides is 2. The van der Waals surface area contributed by atoms with Crippen LogP contribution >= 0.6 is 0 Å². The molecule has 9 heteroatoms. The van der Waals surface area contributed by atoms with E-state index in [1.54, 1.807) is 6.07 Å². The van der Waals surface area contributed by atoms with Crippen molar-refractivity contribution in [2.45, 2.75) is 19.8 Å². The van der Waals surface area contributed by atoms with E-state index in [4.69, 9.17) is 0 Å². The largest absolute Gasteiger partial charge is 0.396 e. The highest BCUT2D eigenvalue weighted by molar-refractivity contribution is 6.00. The molecular formula is C23H28N6O3. The van der Waals surface area contributed by atoms with Gasteiger partial charge in [-0.15, -0.1) is 0 Å². The minimum Gasteiger partial charge on any atom is -0.396 e. The third kappa shape index (κ3) is 4.88. The van der Waals surface area contributed by atoms with Gasteiger partial charge in [-0.2, -0.15) is 0 Å². The van der Waals surface area contributed by atoms with Crippen molar-refractivity contribution in [1.29, 1.82) is 0 Å². The first-order chi connectivity index (χ1) is 15.5. The molecule has 1 fully saturated rings. The second-order valence-corrected chi connectivity index (χ2v) is 8.04. The molecule has 4 rings (SSSR count). The Kier molecular flexibility index (Phi) is 6.65. The molecule has 3 aromatic rings. The third-order valence-corrected chi connectivity index (χ3v) is 5.70. The van der Waals surface area contributed by atoms with Crippen LogP contribution in [0.4, 0.5) is 5.82 Å². The van der Waals surface area contributed by atoms with Gasteiger partial charge in [-0.25, -0.2) is 9.97 Å². The molecule has 9 nitrogen and oxygen atoms in total. The standard InChI is InChI=1S/C23H28N6O3/c1-15(31)24-9-10-25-21-18-13-19(23(32)29-11-7-16(14-30)8-12-29)26-22(18)28-20(27-21)17-5-3-2-4-6-17/h2-6,13,16,30H,7-12,14H2,1H3,(H,24,31)(H2,25,26,27,28). The first-order valence-corrected chi connectivity index (χ1v) is 10.9. The number of nitrogens with one attached hydrogen (secondary N) is 3. The second kappa shape index (κ2) is 9.78. The van der Waals surface area contributed by atoms with E-state index >= 15 is 0 Å². The van der Waals surface area contributed by atoms with Crippen molar-refractivity contribution in [2.24, 2.45) is 5.92 Å². The lowest BCUT2D eigenvalue weighted by atomic mass is 9.98. The van der Waals surface area contributed by atoms with Crippen molar-refractivity contribution >= 4 is 28.7 Å². The van der Waals surface area contributed by atoms with Crippen molar-refractivity contribution in [3.05, 3.63) is 42.1 Å². The molecule has 1 saturated heterocycles. The third-order valence-electron chi connectivity index (χ3n) is 5.70. The summed E-state index contributed by atoms with van der Waals surface area (Å²) in [5.41, 5.74) is 1.91. The van der Waals surface area contributed by atoms with Crippen LogP contribution in [0.15, 0.2) is 36.4 Å². The number of nitrogens with zero attached hydrogens (tertiary/aromatic N) is 3. The molecule has 0 aliphatic carbocycles. The highest BCUT2D eigenvalue weighted by Crippen LogP contribution is 2.27. The average Bonchev–Trinajstić information content (AvgIpc) is 3.26. The lowest BCUT2D eigenvalue weighted by Gasteiger charge is -2.30. The van der Waals surface area contributed by atoms with Crippen molar-refractivity contribution in [3.63, 3.8) is 0 Å². The Bertz CT molecular complexity index is 1090. The first-order valence-electron chi connectivity index (χ1n) is 10.9. The molecule has 4 N–H and O–H groups in total.